The lowest BCUT2D eigenvalue weighted by atomic mass is 10.1. The highest BCUT2D eigenvalue weighted by molar-refractivity contribution is 7.80. The van der Waals surface area contributed by atoms with Crippen molar-refractivity contribution >= 4 is 40.7 Å². The smallest absolute Gasteiger partial charge is 0.257 e. The first-order valence-electron chi connectivity index (χ1n) is 9.37. The number of anilines is 1. The summed E-state index contributed by atoms with van der Waals surface area (Å²) in [6, 6.07) is 14.0. The van der Waals surface area contributed by atoms with E-state index in [1.54, 1.807) is 36.4 Å². The van der Waals surface area contributed by atoms with E-state index in [0.29, 0.717) is 23.6 Å². The molecule has 0 saturated heterocycles. The monoisotopic (exact) mass is 428 g/mol. The Morgan fingerprint density at radius 3 is 2.27 bits per heavy atom. The fourth-order valence-corrected chi connectivity index (χ4v) is 2.61. The molecule has 9 heteroatoms. The van der Waals surface area contributed by atoms with Crippen LogP contribution in [0.15, 0.2) is 48.5 Å². The van der Waals surface area contributed by atoms with E-state index in [1.165, 1.54) is 0 Å². The van der Waals surface area contributed by atoms with Gasteiger partial charge in [-0.2, -0.15) is 0 Å². The van der Waals surface area contributed by atoms with Gasteiger partial charge in [-0.1, -0.05) is 18.2 Å². The summed E-state index contributed by atoms with van der Waals surface area (Å²) in [6.45, 7) is 4.26. The first-order chi connectivity index (χ1) is 14.4. The summed E-state index contributed by atoms with van der Waals surface area (Å²) in [5.41, 5.74) is 6.71. The summed E-state index contributed by atoms with van der Waals surface area (Å²) < 4.78 is 5.34. The zero-order valence-electron chi connectivity index (χ0n) is 16.8. The van der Waals surface area contributed by atoms with Gasteiger partial charge in [-0.25, -0.2) is 0 Å². The number of hydrogen-bond acceptors (Lipinski definition) is 5. The maximum Gasteiger partial charge on any atom is 0.257 e. The van der Waals surface area contributed by atoms with Crippen LogP contribution in [-0.4, -0.2) is 29.4 Å². The van der Waals surface area contributed by atoms with E-state index >= 15 is 0 Å². The number of carbonyl (C=O) groups excluding carboxylic acids is 3. The summed E-state index contributed by atoms with van der Waals surface area (Å²) in [4.78, 5) is 36.0. The van der Waals surface area contributed by atoms with Crippen molar-refractivity contribution in [3.05, 3.63) is 59.7 Å². The van der Waals surface area contributed by atoms with Crippen LogP contribution in [0.5, 0.6) is 5.75 Å². The Morgan fingerprint density at radius 2 is 1.60 bits per heavy atom. The summed E-state index contributed by atoms with van der Waals surface area (Å²) in [6.07, 6.45) is -0.0622. The van der Waals surface area contributed by atoms with Crippen molar-refractivity contribution in [2.24, 2.45) is 0 Å². The SMILES string of the molecule is CCOc1ccc(NC(=O)CCC(=O)NNC(=S)NC(=O)c2ccccc2C)cc1. The van der Waals surface area contributed by atoms with Crippen LogP contribution in [0.25, 0.3) is 0 Å². The second-order valence-electron chi connectivity index (χ2n) is 6.28. The number of rotatable bonds is 7. The molecule has 0 unspecified atom stereocenters. The van der Waals surface area contributed by atoms with Gasteiger partial charge in [0.2, 0.25) is 11.8 Å². The van der Waals surface area contributed by atoms with Crippen molar-refractivity contribution in [1.82, 2.24) is 16.2 Å². The van der Waals surface area contributed by atoms with Crippen LogP contribution in [0.2, 0.25) is 0 Å². The lowest BCUT2D eigenvalue weighted by Crippen LogP contribution is -2.48. The second-order valence-corrected chi connectivity index (χ2v) is 6.69. The van der Waals surface area contributed by atoms with Crippen molar-refractivity contribution in [2.75, 3.05) is 11.9 Å². The lowest BCUT2D eigenvalue weighted by molar-refractivity contribution is -0.124. The average molecular weight is 429 g/mol. The van der Waals surface area contributed by atoms with Gasteiger partial charge in [-0.15, -0.1) is 0 Å². The third kappa shape index (κ3) is 7.51. The number of aryl methyl sites for hydroxylation is 1. The summed E-state index contributed by atoms with van der Waals surface area (Å²) in [7, 11) is 0. The molecule has 158 valence electrons. The fourth-order valence-electron chi connectivity index (χ4n) is 2.47. The van der Waals surface area contributed by atoms with Crippen LogP contribution in [0.1, 0.15) is 35.7 Å². The highest BCUT2D eigenvalue weighted by Gasteiger charge is 2.11. The van der Waals surface area contributed by atoms with Gasteiger partial charge in [0.25, 0.3) is 5.91 Å². The predicted octanol–water partition coefficient (Wildman–Crippen LogP) is 2.45. The van der Waals surface area contributed by atoms with E-state index in [9.17, 15) is 14.4 Å². The number of carbonyl (C=O) groups is 3. The summed E-state index contributed by atoms with van der Waals surface area (Å²) >= 11 is 5.00. The molecular formula is C21H24N4O4S. The lowest BCUT2D eigenvalue weighted by Gasteiger charge is -2.12. The first kappa shape index (κ1) is 22.8. The van der Waals surface area contributed by atoms with Crippen LogP contribution >= 0.6 is 12.2 Å². The molecule has 0 aliphatic heterocycles. The molecule has 0 saturated carbocycles. The topological polar surface area (TPSA) is 109 Å². The average Bonchev–Trinajstić information content (AvgIpc) is 2.72. The molecule has 2 rings (SSSR count). The Balaban J connectivity index is 1.68. The largest absolute Gasteiger partial charge is 0.494 e. The van der Waals surface area contributed by atoms with Crippen molar-refractivity contribution in [3.63, 3.8) is 0 Å². The highest BCUT2D eigenvalue weighted by Crippen LogP contribution is 2.15. The van der Waals surface area contributed by atoms with Gasteiger partial charge in [0.15, 0.2) is 5.11 Å². The number of hydrogen-bond donors (Lipinski definition) is 4. The molecule has 0 heterocycles. The molecule has 0 aliphatic rings. The van der Waals surface area contributed by atoms with E-state index in [2.05, 4.69) is 21.5 Å². The zero-order valence-corrected chi connectivity index (χ0v) is 17.6. The molecule has 0 spiro atoms. The van der Waals surface area contributed by atoms with Gasteiger partial charge in [0, 0.05) is 24.1 Å². The minimum absolute atomic E-state index is 0.0109. The molecule has 0 aliphatic carbocycles. The number of ether oxygens (including phenoxy) is 1. The molecule has 3 amide bonds. The third-order valence-electron chi connectivity index (χ3n) is 3.96. The minimum Gasteiger partial charge on any atom is -0.494 e. The molecule has 2 aromatic carbocycles. The van der Waals surface area contributed by atoms with Crippen LogP contribution in [0, 0.1) is 6.92 Å². The summed E-state index contributed by atoms with van der Waals surface area (Å²) in [5.74, 6) is -0.407. The molecule has 0 aromatic heterocycles. The van der Waals surface area contributed by atoms with E-state index in [-0.39, 0.29) is 29.8 Å². The van der Waals surface area contributed by atoms with Crippen LogP contribution < -0.4 is 26.2 Å². The van der Waals surface area contributed by atoms with Crippen LogP contribution in [-0.2, 0) is 9.59 Å². The number of hydrazine groups is 1. The summed E-state index contributed by atoms with van der Waals surface area (Å²) in [5, 5.41) is 5.14. The van der Waals surface area contributed by atoms with Crippen molar-refractivity contribution in [2.45, 2.75) is 26.7 Å². The van der Waals surface area contributed by atoms with E-state index in [1.807, 2.05) is 26.0 Å². The fraction of sp³-hybridized carbons (Fsp3) is 0.238. The van der Waals surface area contributed by atoms with Crippen molar-refractivity contribution in [1.29, 1.82) is 0 Å². The molecule has 0 fully saturated rings. The van der Waals surface area contributed by atoms with Crippen LogP contribution in [0.4, 0.5) is 5.69 Å². The Kier molecular flexibility index (Phi) is 8.76. The number of benzene rings is 2. The first-order valence-corrected chi connectivity index (χ1v) is 9.78. The van der Waals surface area contributed by atoms with Gasteiger partial charge >= 0.3 is 0 Å². The maximum absolute atomic E-state index is 12.2. The van der Waals surface area contributed by atoms with Gasteiger partial charge in [0.1, 0.15) is 5.75 Å². The van der Waals surface area contributed by atoms with Crippen molar-refractivity contribution in [3.8, 4) is 5.75 Å². The molecule has 0 bridgehead atoms. The van der Waals surface area contributed by atoms with Crippen LogP contribution in [0.3, 0.4) is 0 Å². The van der Waals surface area contributed by atoms with Gasteiger partial charge in [-0.3, -0.25) is 30.6 Å². The highest BCUT2D eigenvalue weighted by atomic mass is 32.1. The number of amides is 3. The molecule has 0 radical (unpaired) electrons. The van der Waals surface area contributed by atoms with Gasteiger partial charge in [-0.05, 0) is 62.0 Å². The van der Waals surface area contributed by atoms with Gasteiger partial charge in [0.05, 0.1) is 6.61 Å². The molecule has 8 nitrogen and oxygen atoms in total. The predicted molar refractivity (Wildman–Crippen MR) is 118 cm³/mol. The van der Waals surface area contributed by atoms with Gasteiger partial charge < -0.3 is 10.1 Å². The number of nitrogens with one attached hydrogen (secondary N) is 4. The maximum atomic E-state index is 12.2. The minimum atomic E-state index is -0.440. The molecule has 2 aromatic rings. The van der Waals surface area contributed by atoms with Crippen molar-refractivity contribution < 1.29 is 19.1 Å². The van der Waals surface area contributed by atoms with E-state index in [4.69, 9.17) is 17.0 Å². The molecule has 4 N–H and O–H groups in total. The quantitative estimate of drug-likeness (QED) is 0.399. The second kappa shape index (κ2) is 11.5. The Morgan fingerprint density at radius 1 is 0.933 bits per heavy atom. The van der Waals surface area contributed by atoms with E-state index in [0.717, 1.165) is 5.56 Å². The molecule has 0 atom stereocenters. The number of thiocarbonyl (C=S) groups is 1. The van der Waals surface area contributed by atoms with E-state index < -0.39 is 5.91 Å². The normalized spacial score (nSPS) is 9.93. The Bertz CT molecular complexity index is 915. The Hall–Kier alpha value is -3.46. The molecule has 30 heavy (non-hydrogen) atoms. The standard InChI is InChI=1S/C21H24N4O4S/c1-3-29-16-10-8-15(9-11-16)22-18(26)12-13-19(27)24-25-21(30)23-20(28)17-7-5-4-6-14(17)2/h4-11H,3,12-13H2,1-2H3,(H,22,26)(H,24,27)(H2,23,25,28,30). The Labute approximate surface area is 180 Å². The molecular weight excluding hydrogens is 404 g/mol. The third-order valence-corrected chi connectivity index (χ3v) is 4.16. The zero-order chi connectivity index (χ0) is 21.9.